The number of methoxy groups -OCH3 is 2. The molecule has 128 valence electrons. The number of aromatic nitrogens is 2. The lowest BCUT2D eigenvalue weighted by atomic mass is 10.2. The van der Waals surface area contributed by atoms with Crippen molar-refractivity contribution in [1.82, 2.24) is 9.55 Å². The van der Waals surface area contributed by atoms with Crippen molar-refractivity contribution in [3.05, 3.63) is 64.2 Å². The molecule has 0 bridgehead atoms. The van der Waals surface area contributed by atoms with E-state index in [0.29, 0.717) is 29.0 Å². The number of hydrogen-bond acceptors (Lipinski definition) is 4. The highest BCUT2D eigenvalue weighted by Crippen LogP contribution is 2.22. The summed E-state index contributed by atoms with van der Waals surface area (Å²) in [6, 6.07) is 13.1. The zero-order chi connectivity index (χ0) is 17.8. The third-order valence-electron chi connectivity index (χ3n) is 4.05. The maximum Gasteiger partial charge on any atom is 0.261 e. The molecule has 5 nitrogen and oxygen atoms in total. The van der Waals surface area contributed by atoms with Crippen LogP contribution in [-0.2, 0) is 6.54 Å². The number of hydrogen-bond donors (Lipinski definition) is 0. The van der Waals surface area contributed by atoms with Crippen LogP contribution in [0.25, 0.3) is 23.1 Å². The van der Waals surface area contributed by atoms with Crippen LogP contribution in [0.4, 0.5) is 0 Å². The monoisotopic (exact) mass is 336 g/mol. The second kappa shape index (κ2) is 7.21. The second-order valence-electron chi connectivity index (χ2n) is 5.48. The van der Waals surface area contributed by atoms with Gasteiger partial charge >= 0.3 is 0 Å². The van der Waals surface area contributed by atoms with Crippen molar-refractivity contribution in [1.29, 1.82) is 0 Å². The van der Waals surface area contributed by atoms with Crippen molar-refractivity contribution in [2.45, 2.75) is 13.5 Å². The molecular weight excluding hydrogens is 316 g/mol. The molecule has 3 rings (SSSR count). The van der Waals surface area contributed by atoms with Crippen LogP contribution >= 0.6 is 0 Å². The highest BCUT2D eigenvalue weighted by atomic mass is 16.5. The Morgan fingerprint density at radius 2 is 1.80 bits per heavy atom. The Hall–Kier alpha value is -3.08. The molecule has 5 heteroatoms. The van der Waals surface area contributed by atoms with Crippen LogP contribution < -0.4 is 15.0 Å². The molecule has 2 aromatic carbocycles. The van der Waals surface area contributed by atoms with Crippen LogP contribution in [-0.4, -0.2) is 23.8 Å². The fraction of sp³-hybridized carbons (Fsp3) is 0.200. The van der Waals surface area contributed by atoms with E-state index in [9.17, 15) is 4.79 Å². The zero-order valence-corrected chi connectivity index (χ0v) is 14.5. The predicted molar refractivity (Wildman–Crippen MR) is 100 cm³/mol. The van der Waals surface area contributed by atoms with E-state index in [4.69, 9.17) is 9.47 Å². The van der Waals surface area contributed by atoms with E-state index >= 15 is 0 Å². The van der Waals surface area contributed by atoms with Gasteiger partial charge in [-0.15, -0.1) is 0 Å². The minimum absolute atomic E-state index is 0.0687. The molecule has 0 aliphatic rings. The lowest BCUT2D eigenvalue weighted by Gasteiger charge is -2.11. The van der Waals surface area contributed by atoms with E-state index in [1.54, 1.807) is 30.9 Å². The first-order valence-electron chi connectivity index (χ1n) is 8.07. The van der Waals surface area contributed by atoms with Gasteiger partial charge in [0.25, 0.3) is 5.56 Å². The molecule has 0 unspecified atom stereocenters. The highest BCUT2D eigenvalue weighted by molar-refractivity contribution is 5.85. The van der Waals surface area contributed by atoms with Crippen LogP contribution in [0.5, 0.6) is 11.5 Å². The standard InChI is InChI=1S/C20H20N2O3/c1-4-22-18(13-10-14-8-11-15(24-2)12-9-14)21-19-16(20(22)23)6-5-7-17(19)25-3/h5-13H,4H2,1-3H3. The summed E-state index contributed by atoms with van der Waals surface area (Å²) < 4.78 is 12.2. The minimum Gasteiger partial charge on any atom is -0.497 e. The predicted octanol–water partition coefficient (Wildman–Crippen LogP) is 3.60. The summed E-state index contributed by atoms with van der Waals surface area (Å²) in [5.74, 6) is 1.99. The molecule has 0 spiro atoms. The van der Waals surface area contributed by atoms with E-state index in [1.807, 2.05) is 49.4 Å². The fourth-order valence-electron chi connectivity index (χ4n) is 2.72. The number of rotatable bonds is 5. The van der Waals surface area contributed by atoms with Crippen LogP contribution in [0.1, 0.15) is 18.3 Å². The van der Waals surface area contributed by atoms with Gasteiger partial charge in [-0.1, -0.05) is 24.3 Å². The Morgan fingerprint density at radius 3 is 2.44 bits per heavy atom. The van der Waals surface area contributed by atoms with Crippen molar-refractivity contribution in [2.24, 2.45) is 0 Å². The molecule has 25 heavy (non-hydrogen) atoms. The van der Waals surface area contributed by atoms with Gasteiger partial charge in [0.2, 0.25) is 0 Å². The molecular formula is C20H20N2O3. The number of benzene rings is 2. The van der Waals surface area contributed by atoms with E-state index in [1.165, 1.54) is 0 Å². The van der Waals surface area contributed by atoms with Gasteiger partial charge in [0.1, 0.15) is 22.8 Å². The molecule has 0 atom stereocenters. The van der Waals surface area contributed by atoms with E-state index in [2.05, 4.69) is 4.98 Å². The molecule has 3 aromatic rings. The number of ether oxygens (including phenoxy) is 2. The van der Waals surface area contributed by atoms with Crippen molar-refractivity contribution >= 4 is 23.1 Å². The number of fused-ring (bicyclic) bond motifs is 1. The number of nitrogens with zero attached hydrogens (tertiary/aromatic N) is 2. The fourth-order valence-corrected chi connectivity index (χ4v) is 2.72. The summed E-state index contributed by atoms with van der Waals surface area (Å²) in [7, 11) is 3.21. The largest absolute Gasteiger partial charge is 0.497 e. The minimum atomic E-state index is -0.0687. The van der Waals surface area contributed by atoms with Crippen molar-refractivity contribution in [3.63, 3.8) is 0 Å². The van der Waals surface area contributed by atoms with Gasteiger partial charge in [-0.3, -0.25) is 9.36 Å². The topological polar surface area (TPSA) is 53.4 Å². The van der Waals surface area contributed by atoms with Gasteiger partial charge in [0.05, 0.1) is 19.6 Å². The van der Waals surface area contributed by atoms with Gasteiger partial charge in [-0.25, -0.2) is 4.98 Å². The highest BCUT2D eigenvalue weighted by Gasteiger charge is 2.11. The Bertz CT molecular complexity index is 973. The second-order valence-corrected chi connectivity index (χ2v) is 5.48. The molecule has 0 aliphatic heterocycles. The van der Waals surface area contributed by atoms with Gasteiger partial charge < -0.3 is 9.47 Å². The Labute approximate surface area is 146 Å². The molecule has 0 radical (unpaired) electrons. The summed E-state index contributed by atoms with van der Waals surface area (Å²) >= 11 is 0. The lowest BCUT2D eigenvalue weighted by molar-refractivity contribution is 0.415. The molecule has 0 saturated heterocycles. The summed E-state index contributed by atoms with van der Waals surface area (Å²) in [4.78, 5) is 17.4. The molecule has 0 aliphatic carbocycles. The van der Waals surface area contributed by atoms with E-state index in [-0.39, 0.29) is 5.56 Å². The van der Waals surface area contributed by atoms with Crippen molar-refractivity contribution in [2.75, 3.05) is 14.2 Å². The molecule has 1 aromatic heterocycles. The molecule has 0 saturated carbocycles. The van der Waals surface area contributed by atoms with Crippen LogP contribution in [0, 0.1) is 0 Å². The van der Waals surface area contributed by atoms with Crippen molar-refractivity contribution < 1.29 is 9.47 Å². The van der Waals surface area contributed by atoms with Crippen molar-refractivity contribution in [3.8, 4) is 11.5 Å². The zero-order valence-electron chi connectivity index (χ0n) is 14.5. The Morgan fingerprint density at radius 1 is 1.04 bits per heavy atom. The Balaban J connectivity index is 2.10. The van der Waals surface area contributed by atoms with Gasteiger partial charge in [0.15, 0.2) is 0 Å². The maximum atomic E-state index is 12.8. The average molecular weight is 336 g/mol. The third-order valence-corrected chi connectivity index (χ3v) is 4.05. The van der Waals surface area contributed by atoms with Gasteiger partial charge in [-0.2, -0.15) is 0 Å². The van der Waals surface area contributed by atoms with Gasteiger partial charge in [-0.05, 0) is 42.8 Å². The smallest absolute Gasteiger partial charge is 0.261 e. The molecule has 0 fully saturated rings. The quantitative estimate of drug-likeness (QED) is 0.714. The van der Waals surface area contributed by atoms with Crippen LogP contribution in [0.3, 0.4) is 0 Å². The summed E-state index contributed by atoms with van der Waals surface area (Å²) in [6.45, 7) is 2.47. The number of para-hydroxylation sites is 1. The summed E-state index contributed by atoms with van der Waals surface area (Å²) in [5, 5.41) is 0.558. The van der Waals surface area contributed by atoms with E-state index in [0.717, 1.165) is 11.3 Å². The average Bonchev–Trinajstić information content (AvgIpc) is 2.66. The first kappa shape index (κ1) is 16.8. The normalized spacial score (nSPS) is 11.2. The summed E-state index contributed by atoms with van der Waals surface area (Å²) in [6.07, 6.45) is 3.77. The van der Waals surface area contributed by atoms with E-state index < -0.39 is 0 Å². The lowest BCUT2D eigenvalue weighted by Crippen LogP contribution is -2.23. The molecule has 1 heterocycles. The van der Waals surface area contributed by atoms with Gasteiger partial charge in [0, 0.05) is 6.54 Å². The third kappa shape index (κ3) is 3.26. The summed E-state index contributed by atoms with van der Waals surface area (Å²) in [5.41, 5.74) is 1.51. The maximum absolute atomic E-state index is 12.8. The Kier molecular flexibility index (Phi) is 4.84. The SMILES string of the molecule is CCn1c(C=Cc2ccc(OC)cc2)nc2c(OC)cccc2c1=O. The molecule has 0 amide bonds. The first-order chi connectivity index (χ1) is 12.2. The first-order valence-corrected chi connectivity index (χ1v) is 8.07. The van der Waals surface area contributed by atoms with Crippen LogP contribution in [0.15, 0.2) is 47.3 Å². The van der Waals surface area contributed by atoms with Crippen LogP contribution in [0.2, 0.25) is 0 Å². The molecule has 0 N–H and O–H groups in total.